The summed E-state index contributed by atoms with van der Waals surface area (Å²) in [6.07, 6.45) is 4.70. The Kier molecular flexibility index (Phi) is 3.15. The van der Waals surface area contributed by atoms with Crippen LogP contribution in [-0.2, 0) is 6.42 Å². The second-order valence-corrected chi connectivity index (χ2v) is 6.24. The van der Waals surface area contributed by atoms with E-state index in [1.54, 1.807) is 19.3 Å². The average Bonchev–Trinajstić information content (AvgIpc) is 3.33. The van der Waals surface area contributed by atoms with Gasteiger partial charge in [-0.25, -0.2) is 0 Å². The molecular weight excluding hydrogens is 332 g/mol. The van der Waals surface area contributed by atoms with E-state index in [0.717, 1.165) is 34.3 Å². The molecule has 1 aromatic carbocycles. The van der Waals surface area contributed by atoms with Crippen LogP contribution in [0.3, 0.4) is 0 Å². The van der Waals surface area contributed by atoms with E-state index in [1.807, 2.05) is 24.3 Å². The molecule has 26 heavy (non-hydrogen) atoms. The number of ketones is 1. The Morgan fingerprint density at radius 1 is 1.19 bits per heavy atom. The van der Waals surface area contributed by atoms with Gasteiger partial charge in [0.1, 0.15) is 0 Å². The van der Waals surface area contributed by atoms with Gasteiger partial charge < -0.3 is 14.3 Å². The molecule has 0 amide bonds. The van der Waals surface area contributed by atoms with E-state index in [1.165, 1.54) is 0 Å². The Labute approximate surface area is 148 Å². The van der Waals surface area contributed by atoms with Gasteiger partial charge in [0.2, 0.25) is 5.76 Å². The number of carbonyl (C=O) groups excluding carboxylic acids is 1. The minimum absolute atomic E-state index is 0.202. The van der Waals surface area contributed by atoms with E-state index in [4.69, 9.17) is 8.94 Å². The van der Waals surface area contributed by atoms with Crippen molar-refractivity contribution in [3.63, 3.8) is 0 Å². The van der Waals surface area contributed by atoms with Crippen LogP contribution in [0, 0.1) is 6.92 Å². The highest BCUT2D eigenvalue weighted by atomic mass is 16.5. The predicted molar refractivity (Wildman–Crippen MR) is 94.4 cm³/mol. The van der Waals surface area contributed by atoms with E-state index in [2.05, 4.69) is 20.4 Å². The largest absolute Gasteiger partial charge is 0.447 e. The first-order valence-corrected chi connectivity index (χ1v) is 8.29. The van der Waals surface area contributed by atoms with Gasteiger partial charge in [0.05, 0.1) is 11.9 Å². The lowest BCUT2D eigenvalue weighted by atomic mass is 10.1. The summed E-state index contributed by atoms with van der Waals surface area (Å²) in [5, 5.41) is 8.09. The molecule has 7 heteroatoms. The zero-order valence-electron chi connectivity index (χ0n) is 13.9. The summed E-state index contributed by atoms with van der Waals surface area (Å²) in [4.78, 5) is 20.2. The summed E-state index contributed by atoms with van der Waals surface area (Å²) in [6, 6.07) is 7.63. The van der Waals surface area contributed by atoms with Crippen LogP contribution >= 0.6 is 0 Å². The van der Waals surface area contributed by atoms with Gasteiger partial charge in [-0.2, -0.15) is 4.98 Å². The molecule has 0 radical (unpaired) electrons. The van der Waals surface area contributed by atoms with Gasteiger partial charge in [0.15, 0.2) is 17.2 Å². The first-order chi connectivity index (χ1) is 12.7. The molecule has 0 saturated heterocycles. The molecule has 0 spiro atoms. The Balaban J connectivity index is 1.63. The second-order valence-electron chi connectivity index (χ2n) is 6.24. The molecule has 4 aromatic rings. The van der Waals surface area contributed by atoms with Crippen molar-refractivity contribution in [2.24, 2.45) is 0 Å². The molecule has 0 bridgehead atoms. The first-order valence-electron chi connectivity index (χ1n) is 8.29. The normalized spacial score (nSPS) is 13.3. The van der Waals surface area contributed by atoms with Gasteiger partial charge in [-0.3, -0.25) is 9.78 Å². The van der Waals surface area contributed by atoms with Crippen LogP contribution in [0.2, 0.25) is 0 Å². The molecule has 7 nitrogen and oxygen atoms in total. The fraction of sp³-hybridized carbons (Fsp3) is 0.158. The molecule has 5 rings (SSSR count). The summed E-state index contributed by atoms with van der Waals surface area (Å²) in [5.74, 6) is 1.50. The van der Waals surface area contributed by atoms with Crippen LogP contribution in [0.25, 0.3) is 22.6 Å². The zero-order chi connectivity index (χ0) is 17.7. The molecule has 1 aliphatic carbocycles. The highest BCUT2D eigenvalue weighted by molar-refractivity contribution is 6.02. The molecule has 1 aliphatic rings. The van der Waals surface area contributed by atoms with Crippen LogP contribution in [0.15, 0.2) is 45.6 Å². The van der Waals surface area contributed by atoms with Gasteiger partial charge >= 0.3 is 0 Å². The maximum Gasteiger partial charge on any atom is 0.295 e. The van der Waals surface area contributed by atoms with Crippen molar-refractivity contribution in [2.45, 2.75) is 19.8 Å². The Bertz CT molecular complexity index is 1160. The van der Waals surface area contributed by atoms with E-state index in [-0.39, 0.29) is 5.78 Å². The van der Waals surface area contributed by atoms with E-state index < -0.39 is 0 Å². The zero-order valence-corrected chi connectivity index (χ0v) is 13.9. The second kappa shape index (κ2) is 5.52. The van der Waals surface area contributed by atoms with E-state index >= 15 is 0 Å². The number of hydrogen-bond acceptors (Lipinski definition) is 7. The van der Waals surface area contributed by atoms with Crippen molar-refractivity contribution in [1.82, 2.24) is 15.1 Å². The Morgan fingerprint density at radius 3 is 2.96 bits per heavy atom. The van der Waals surface area contributed by atoms with Crippen molar-refractivity contribution in [1.29, 1.82) is 0 Å². The van der Waals surface area contributed by atoms with Crippen molar-refractivity contribution in [3.05, 3.63) is 53.6 Å². The molecule has 1 N–H and O–H groups in total. The quantitative estimate of drug-likeness (QED) is 0.598. The van der Waals surface area contributed by atoms with E-state index in [9.17, 15) is 4.79 Å². The number of benzene rings is 1. The summed E-state index contributed by atoms with van der Waals surface area (Å²) in [5.41, 5.74) is 4.09. The maximum absolute atomic E-state index is 11.8. The molecule has 0 unspecified atom stereocenters. The number of Topliss-reactive ketones (excluding diaryl/α,β-unsaturated/α-hetero) is 1. The minimum atomic E-state index is 0.202. The molecule has 3 aromatic heterocycles. The number of carbonyl (C=O) groups is 1. The van der Waals surface area contributed by atoms with Gasteiger partial charge in [-0.05, 0) is 43.2 Å². The number of aryl methyl sites for hydroxylation is 2. The predicted octanol–water partition coefficient (Wildman–Crippen LogP) is 4.06. The van der Waals surface area contributed by atoms with Gasteiger partial charge in [0, 0.05) is 29.3 Å². The van der Waals surface area contributed by atoms with Crippen LogP contribution in [-0.4, -0.2) is 20.9 Å². The summed E-state index contributed by atoms with van der Waals surface area (Å²) in [6.45, 7) is 1.75. The summed E-state index contributed by atoms with van der Waals surface area (Å²) in [7, 11) is 0. The number of pyridine rings is 1. The fourth-order valence-corrected chi connectivity index (χ4v) is 3.29. The third-order valence-corrected chi connectivity index (χ3v) is 4.51. The number of rotatable bonds is 3. The first kappa shape index (κ1) is 14.8. The molecule has 128 valence electrons. The number of fused-ring (bicyclic) bond motifs is 2. The fourth-order valence-electron chi connectivity index (χ4n) is 3.29. The lowest BCUT2D eigenvalue weighted by Gasteiger charge is -2.08. The Morgan fingerprint density at radius 2 is 2.12 bits per heavy atom. The van der Waals surface area contributed by atoms with Crippen LogP contribution in [0.1, 0.15) is 28.2 Å². The number of nitrogens with one attached hydrogen (secondary N) is 1. The number of nitrogens with zero attached hydrogens (tertiary/aromatic N) is 3. The number of aromatic nitrogens is 3. The van der Waals surface area contributed by atoms with Crippen LogP contribution in [0.5, 0.6) is 0 Å². The standard InChI is InChI=1S/C19H14N4O3/c1-10-21-19(26-23-10)18-17(14-6-7-20-9-16(14)25-18)22-12-3-4-13-11(8-12)2-5-15(13)24/h3-4,6-9,22H,2,5H2,1H3. The summed E-state index contributed by atoms with van der Waals surface area (Å²) < 4.78 is 11.2. The SMILES string of the molecule is Cc1noc(-c2oc3cnccc3c2Nc2ccc3c(c2)CCC3=O)n1. The molecule has 0 fully saturated rings. The number of furan rings is 1. The number of hydrogen-bond donors (Lipinski definition) is 1. The molecule has 0 aliphatic heterocycles. The molecule has 0 saturated carbocycles. The smallest absolute Gasteiger partial charge is 0.295 e. The topological polar surface area (TPSA) is 94.0 Å². The monoisotopic (exact) mass is 346 g/mol. The lowest BCUT2D eigenvalue weighted by molar-refractivity contribution is 0.0994. The highest BCUT2D eigenvalue weighted by Gasteiger charge is 2.23. The highest BCUT2D eigenvalue weighted by Crippen LogP contribution is 2.39. The van der Waals surface area contributed by atoms with Crippen LogP contribution < -0.4 is 5.32 Å². The third kappa shape index (κ3) is 2.28. The van der Waals surface area contributed by atoms with Crippen molar-refractivity contribution in [2.75, 3.05) is 5.32 Å². The minimum Gasteiger partial charge on any atom is -0.447 e. The van der Waals surface area contributed by atoms with Crippen LogP contribution in [0.4, 0.5) is 11.4 Å². The lowest BCUT2D eigenvalue weighted by Crippen LogP contribution is -1.95. The molecule has 0 atom stereocenters. The van der Waals surface area contributed by atoms with Gasteiger partial charge in [0.25, 0.3) is 5.89 Å². The molecular formula is C19H14N4O3. The number of anilines is 2. The third-order valence-electron chi connectivity index (χ3n) is 4.51. The van der Waals surface area contributed by atoms with Crippen molar-refractivity contribution < 1.29 is 13.7 Å². The molecule has 3 heterocycles. The van der Waals surface area contributed by atoms with Crippen molar-refractivity contribution >= 4 is 28.1 Å². The Hall–Kier alpha value is -3.48. The summed E-state index contributed by atoms with van der Waals surface area (Å²) >= 11 is 0. The van der Waals surface area contributed by atoms with Crippen molar-refractivity contribution in [3.8, 4) is 11.7 Å². The van der Waals surface area contributed by atoms with Gasteiger partial charge in [-0.15, -0.1) is 0 Å². The average molecular weight is 346 g/mol. The van der Waals surface area contributed by atoms with E-state index in [0.29, 0.717) is 29.5 Å². The van der Waals surface area contributed by atoms with Gasteiger partial charge in [-0.1, -0.05) is 5.16 Å². The maximum atomic E-state index is 11.8.